The average Bonchev–Trinajstić information content (AvgIpc) is 2.73. The molecule has 7 nitrogen and oxygen atoms in total. The minimum atomic E-state index is -4.47. The van der Waals surface area contributed by atoms with E-state index in [1.165, 1.54) is 24.7 Å². The van der Waals surface area contributed by atoms with Crippen LogP contribution < -0.4 is 21.3 Å². The number of nitrogens with two attached hydrogens (primary N) is 2. The molecule has 0 saturated heterocycles. The van der Waals surface area contributed by atoms with Crippen LogP contribution in [0.4, 0.5) is 19.1 Å². The van der Waals surface area contributed by atoms with Gasteiger partial charge in [0.2, 0.25) is 5.95 Å². The highest BCUT2D eigenvalue weighted by Gasteiger charge is 2.33. The molecular formula is C20H19F3N6O. The lowest BCUT2D eigenvalue weighted by Crippen LogP contribution is -2.27. The summed E-state index contributed by atoms with van der Waals surface area (Å²) in [5.74, 6) is 6.21. The van der Waals surface area contributed by atoms with Gasteiger partial charge >= 0.3 is 6.18 Å². The summed E-state index contributed by atoms with van der Waals surface area (Å²) in [7, 11) is 0. The van der Waals surface area contributed by atoms with Gasteiger partial charge in [0, 0.05) is 18.0 Å². The number of hydrogen-bond donors (Lipinski definition) is 2. The number of alkyl halides is 3. The summed E-state index contributed by atoms with van der Waals surface area (Å²) in [6.45, 7) is 1.32. The van der Waals surface area contributed by atoms with Gasteiger partial charge in [-0.2, -0.15) is 13.2 Å². The molecule has 156 valence electrons. The number of pyridine rings is 1. The molecule has 0 bridgehead atoms. The molecule has 30 heavy (non-hydrogen) atoms. The van der Waals surface area contributed by atoms with Gasteiger partial charge in [0.05, 0.1) is 29.3 Å². The average molecular weight is 416 g/mol. The van der Waals surface area contributed by atoms with Crippen molar-refractivity contribution in [3.8, 4) is 5.75 Å². The third kappa shape index (κ3) is 5.03. The molecule has 0 saturated carbocycles. The van der Waals surface area contributed by atoms with Crippen LogP contribution in [0.15, 0.2) is 61.2 Å². The molecule has 0 aliphatic heterocycles. The molecule has 10 heteroatoms. The molecule has 2 aromatic heterocycles. The van der Waals surface area contributed by atoms with Crippen LogP contribution in [0, 0.1) is 6.92 Å². The van der Waals surface area contributed by atoms with E-state index < -0.39 is 11.7 Å². The number of benzene rings is 1. The van der Waals surface area contributed by atoms with Crippen molar-refractivity contribution >= 4 is 11.6 Å². The van der Waals surface area contributed by atoms with Crippen molar-refractivity contribution in [2.45, 2.75) is 19.7 Å². The predicted octanol–water partition coefficient (Wildman–Crippen LogP) is 3.42. The van der Waals surface area contributed by atoms with Gasteiger partial charge < -0.3 is 10.5 Å². The number of ether oxygens (including phenoxy) is 1. The van der Waals surface area contributed by atoms with Gasteiger partial charge in [-0.3, -0.25) is 9.99 Å². The Morgan fingerprint density at radius 3 is 2.47 bits per heavy atom. The van der Waals surface area contributed by atoms with E-state index in [0.29, 0.717) is 17.0 Å². The van der Waals surface area contributed by atoms with Crippen molar-refractivity contribution in [2.24, 2.45) is 11.6 Å². The molecule has 3 rings (SSSR count). The van der Waals surface area contributed by atoms with Crippen molar-refractivity contribution in [1.29, 1.82) is 0 Å². The van der Waals surface area contributed by atoms with E-state index >= 15 is 0 Å². The molecule has 0 spiro atoms. The number of aryl methyl sites for hydroxylation is 1. The molecule has 0 aliphatic carbocycles. The van der Waals surface area contributed by atoms with E-state index in [4.69, 9.17) is 16.3 Å². The second-order valence-corrected chi connectivity index (χ2v) is 6.31. The van der Waals surface area contributed by atoms with Gasteiger partial charge in [-0.1, -0.05) is 18.2 Å². The fraction of sp³-hybridized carbons (Fsp3) is 0.150. The number of hydrogen-bond acceptors (Lipinski definition) is 7. The Hall–Kier alpha value is -3.66. The zero-order valence-electron chi connectivity index (χ0n) is 16.0. The Morgan fingerprint density at radius 2 is 1.83 bits per heavy atom. The number of hydrazine groups is 1. The summed E-state index contributed by atoms with van der Waals surface area (Å²) < 4.78 is 45.1. The highest BCUT2D eigenvalue weighted by Crippen LogP contribution is 2.33. The Labute approximate surface area is 170 Å². The summed E-state index contributed by atoms with van der Waals surface area (Å²) in [5.41, 5.74) is 6.58. The van der Waals surface area contributed by atoms with Crippen LogP contribution in [-0.2, 0) is 12.8 Å². The van der Waals surface area contributed by atoms with Gasteiger partial charge in [-0.05, 0) is 30.7 Å². The van der Waals surface area contributed by atoms with Gasteiger partial charge in [0.25, 0.3) is 0 Å². The van der Waals surface area contributed by atoms with E-state index in [1.807, 2.05) is 0 Å². The van der Waals surface area contributed by atoms with Crippen molar-refractivity contribution in [2.75, 3.05) is 5.01 Å². The van der Waals surface area contributed by atoms with Gasteiger partial charge in [-0.25, -0.2) is 15.8 Å². The highest BCUT2D eigenvalue weighted by atomic mass is 19.4. The lowest BCUT2D eigenvalue weighted by atomic mass is 10.0. The first-order valence-corrected chi connectivity index (χ1v) is 8.79. The summed E-state index contributed by atoms with van der Waals surface area (Å²) in [5, 5.41) is 1.11. The first kappa shape index (κ1) is 21.1. The third-order valence-electron chi connectivity index (χ3n) is 4.18. The highest BCUT2D eigenvalue weighted by molar-refractivity contribution is 5.61. The second-order valence-electron chi connectivity index (χ2n) is 6.31. The van der Waals surface area contributed by atoms with Crippen LogP contribution in [0.5, 0.6) is 5.75 Å². The first-order valence-electron chi connectivity index (χ1n) is 8.79. The standard InChI is InChI=1S/C20H19F3N6O/c1-13-5-4-6-16(20(21,22)23)15(13)12-30-14-9-27-19(28-10-14)29(25)11-17(24)18-7-2-3-8-26-18/h2-11H,12,24-25H2,1H3/b17-11-. The number of rotatable bonds is 6. The van der Waals surface area contributed by atoms with Crippen molar-refractivity contribution in [1.82, 2.24) is 15.0 Å². The molecule has 0 fully saturated rings. The van der Waals surface area contributed by atoms with Gasteiger partial charge in [-0.15, -0.1) is 0 Å². The Kier molecular flexibility index (Phi) is 6.17. The second kappa shape index (κ2) is 8.78. The molecule has 0 unspecified atom stereocenters. The molecular weight excluding hydrogens is 397 g/mol. The molecule has 4 N–H and O–H groups in total. The van der Waals surface area contributed by atoms with Gasteiger partial charge in [0.15, 0.2) is 5.75 Å². The normalized spacial score (nSPS) is 12.0. The molecule has 0 atom stereocenters. The maximum atomic E-state index is 13.2. The molecule has 2 heterocycles. The number of anilines is 1. The SMILES string of the molecule is Cc1cccc(C(F)(F)F)c1COc1cnc(N(N)/C=C(\N)c2ccccn2)nc1. The molecule has 0 amide bonds. The zero-order valence-corrected chi connectivity index (χ0v) is 16.0. The van der Waals surface area contributed by atoms with Crippen LogP contribution in [0.1, 0.15) is 22.4 Å². The van der Waals surface area contributed by atoms with Crippen molar-refractivity contribution < 1.29 is 17.9 Å². The molecule has 0 aliphatic rings. The van der Waals surface area contributed by atoms with Crippen LogP contribution in [-0.4, -0.2) is 15.0 Å². The fourth-order valence-corrected chi connectivity index (χ4v) is 2.64. The summed E-state index contributed by atoms with van der Waals surface area (Å²) in [4.78, 5) is 12.2. The van der Waals surface area contributed by atoms with E-state index in [9.17, 15) is 13.2 Å². The maximum absolute atomic E-state index is 13.2. The molecule has 3 aromatic rings. The van der Waals surface area contributed by atoms with E-state index in [2.05, 4.69) is 15.0 Å². The molecule has 0 radical (unpaired) electrons. The fourth-order valence-electron chi connectivity index (χ4n) is 2.64. The van der Waals surface area contributed by atoms with Crippen molar-refractivity contribution in [3.63, 3.8) is 0 Å². The zero-order chi connectivity index (χ0) is 21.7. The molecule has 1 aromatic carbocycles. The maximum Gasteiger partial charge on any atom is 0.416 e. The van der Waals surface area contributed by atoms with Crippen LogP contribution in [0.2, 0.25) is 0 Å². The summed E-state index contributed by atoms with van der Waals surface area (Å²) in [6.07, 6.45) is 1.17. The minimum absolute atomic E-state index is 0.0561. The quantitative estimate of drug-likeness (QED) is 0.469. The predicted molar refractivity (Wildman–Crippen MR) is 106 cm³/mol. The van der Waals surface area contributed by atoms with Crippen LogP contribution in [0.25, 0.3) is 5.70 Å². The van der Waals surface area contributed by atoms with Gasteiger partial charge in [0.1, 0.15) is 6.61 Å². The lowest BCUT2D eigenvalue weighted by molar-refractivity contribution is -0.138. The largest absolute Gasteiger partial charge is 0.486 e. The Balaban J connectivity index is 1.70. The lowest BCUT2D eigenvalue weighted by Gasteiger charge is -2.16. The van der Waals surface area contributed by atoms with Crippen molar-refractivity contribution in [3.05, 3.63) is 83.6 Å². The van der Waals surface area contributed by atoms with E-state index in [1.54, 1.807) is 37.4 Å². The van der Waals surface area contributed by atoms with Crippen LogP contribution >= 0.6 is 0 Å². The number of aromatic nitrogens is 3. The van der Waals surface area contributed by atoms with E-state index in [-0.39, 0.29) is 23.9 Å². The van der Waals surface area contributed by atoms with Crippen LogP contribution in [0.3, 0.4) is 0 Å². The third-order valence-corrected chi connectivity index (χ3v) is 4.18. The Bertz CT molecular complexity index is 1020. The number of halogens is 3. The smallest absolute Gasteiger partial charge is 0.416 e. The summed E-state index contributed by atoms with van der Waals surface area (Å²) >= 11 is 0. The minimum Gasteiger partial charge on any atom is -0.486 e. The number of nitrogens with zero attached hydrogens (tertiary/aromatic N) is 4. The topological polar surface area (TPSA) is 103 Å². The summed E-state index contributed by atoms with van der Waals surface area (Å²) in [6, 6.07) is 9.24. The van der Waals surface area contributed by atoms with E-state index in [0.717, 1.165) is 11.1 Å². The first-order chi connectivity index (χ1) is 14.3. The Morgan fingerprint density at radius 1 is 1.10 bits per heavy atom. The monoisotopic (exact) mass is 416 g/mol.